The molecule has 0 unspecified atom stereocenters. The van der Waals surface area contributed by atoms with E-state index in [1.54, 1.807) is 31.2 Å². The number of aryl methyl sites for hydroxylation is 1. The van der Waals surface area contributed by atoms with E-state index in [0.717, 1.165) is 11.1 Å². The van der Waals surface area contributed by atoms with Gasteiger partial charge in [-0.15, -0.1) is 0 Å². The van der Waals surface area contributed by atoms with Gasteiger partial charge in [0, 0.05) is 5.56 Å². The summed E-state index contributed by atoms with van der Waals surface area (Å²) < 4.78 is 10.3. The first-order valence-corrected chi connectivity index (χ1v) is 8.19. The molecular formula is C20H18N2O4. The van der Waals surface area contributed by atoms with Gasteiger partial charge in [-0.1, -0.05) is 47.1 Å². The van der Waals surface area contributed by atoms with Crippen LogP contribution < -0.4 is 5.32 Å². The van der Waals surface area contributed by atoms with Crippen LogP contribution in [0.5, 0.6) is 0 Å². The van der Waals surface area contributed by atoms with E-state index in [4.69, 9.17) is 9.26 Å². The number of hydrogen-bond donors (Lipinski definition) is 1. The predicted molar refractivity (Wildman–Crippen MR) is 97.0 cm³/mol. The van der Waals surface area contributed by atoms with Gasteiger partial charge in [0.15, 0.2) is 5.76 Å². The first-order chi connectivity index (χ1) is 12.6. The van der Waals surface area contributed by atoms with Crippen LogP contribution in [0.3, 0.4) is 0 Å². The summed E-state index contributed by atoms with van der Waals surface area (Å²) in [5, 5.41) is 6.48. The third kappa shape index (κ3) is 3.64. The zero-order valence-corrected chi connectivity index (χ0v) is 14.5. The molecule has 0 saturated carbocycles. The summed E-state index contributed by atoms with van der Waals surface area (Å²) in [5.41, 5.74) is 2.79. The zero-order chi connectivity index (χ0) is 18.5. The highest BCUT2D eigenvalue weighted by Gasteiger charge is 2.20. The lowest BCUT2D eigenvalue weighted by atomic mass is 10.1. The number of esters is 1. The summed E-state index contributed by atoms with van der Waals surface area (Å²) in [5.74, 6) is -0.540. The van der Waals surface area contributed by atoms with Crippen molar-refractivity contribution >= 4 is 17.6 Å². The number of anilines is 1. The van der Waals surface area contributed by atoms with E-state index in [2.05, 4.69) is 10.5 Å². The predicted octanol–water partition coefficient (Wildman–Crippen LogP) is 4.08. The minimum Gasteiger partial charge on any atom is -0.462 e. The molecule has 0 spiro atoms. The number of amides is 1. The Morgan fingerprint density at radius 3 is 2.54 bits per heavy atom. The molecule has 1 N–H and O–H groups in total. The van der Waals surface area contributed by atoms with Crippen LogP contribution in [-0.4, -0.2) is 23.6 Å². The molecule has 6 heteroatoms. The topological polar surface area (TPSA) is 81.4 Å². The standard InChI is InChI=1S/C20H18N2O4/c1-3-25-20(24)15-6-4-5-7-17(15)22-19(23)16-12-21-26-18(16)14-10-8-13(2)9-11-14/h4-12H,3H2,1-2H3,(H,22,23). The molecule has 0 aliphatic heterocycles. The second-order valence-electron chi connectivity index (χ2n) is 5.65. The SMILES string of the molecule is CCOC(=O)c1ccccc1NC(=O)c1cnoc1-c1ccc(C)cc1. The number of carbonyl (C=O) groups is 2. The van der Waals surface area contributed by atoms with Gasteiger partial charge < -0.3 is 14.6 Å². The summed E-state index contributed by atoms with van der Waals surface area (Å²) in [7, 11) is 0. The molecule has 0 atom stereocenters. The van der Waals surface area contributed by atoms with Crippen molar-refractivity contribution in [2.75, 3.05) is 11.9 Å². The van der Waals surface area contributed by atoms with Crippen molar-refractivity contribution in [2.24, 2.45) is 0 Å². The Hall–Kier alpha value is -3.41. The van der Waals surface area contributed by atoms with Crippen molar-refractivity contribution in [3.63, 3.8) is 0 Å². The molecule has 3 aromatic rings. The maximum atomic E-state index is 12.7. The van der Waals surface area contributed by atoms with Gasteiger partial charge in [-0.2, -0.15) is 0 Å². The fourth-order valence-electron chi connectivity index (χ4n) is 2.48. The van der Waals surface area contributed by atoms with Gasteiger partial charge in [0.2, 0.25) is 0 Å². The minimum absolute atomic E-state index is 0.254. The normalized spacial score (nSPS) is 10.4. The maximum absolute atomic E-state index is 12.7. The maximum Gasteiger partial charge on any atom is 0.340 e. The van der Waals surface area contributed by atoms with Crippen LogP contribution in [0.15, 0.2) is 59.3 Å². The third-order valence-electron chi connectivity index (χ3n) is 3.80. The first kappa shape index (κ1) is 17.4. The molecule has 1 aromatic heterocycles. The average molecular weight is 350 g/mol. The fourth-order valence-corrected chi connectivity index (χ4v) is 2.48. The molecule has 0 aliphatic rings. The summed E-state index contributed by atoms with van der Waals surface area (Å²) in [4.78, 5) is 24.8. The summed E-state index contributed by atoms with van der Waals surface area (Å²) in [6, 6.07) is 14.3. The lowest BCUT2D eigenvalue weighted by Gasteiger charge is -2.10. The lowest BCUT2D eigenvalue weighted by Crippen LogP contribution is -2.16. The van der Waals surface area contributed by atoms with Crippen LogP contribution in [-0.2, 0) is 4.74 Å². The van der Waals surface area contributed by atoms with Crippen molar-refractivity contribution in [2.45, 2.75) is 13.8 Å². The monoisotopic (exact) mass is 350 g/mol. The molecule has 6 nitrogen and oxygen atoms in total. The van der Waals surface area contributed by atoms with Crippen molar-refractivity contribution in [3.8, 4) is 11.3 Å². The Morgan fingerprint density at radius 2 is 1.81 bits per heavy atom. The smallest absolute Gasteiger partial charge is 0.340 e. The highest BCUT2D eigenvalue weighted by molar-refractivity contribution is 6.10. The van der Waals surface area contributed by atoms with E-state index >= 15 is 0 Å². The summed E-state index contributed by atoms with van der Waals surface area (Å²) in [6.45, 7) is 3.96. The minimum atomic E-state index is -0.493. The Bertz CT molecular complexity index is 929. The third-order valence-corrected chi connectivity index (χ3v) is 3.80. The zero-order valence-electron chi connectivity index (χ0n) is 14.5. The van der Waals surface area contributed by atoms with E-state index in [9.17, 15) is 9.59 Å². The molecule has 0 bridgehead atoms. The highest BCUT2D eigenvalue weighted by atomic mass is 16.5. The van der Waals surface area contributed by atoms with E-state index < -0.39 is 11.9 Å². The van der Waals surface area contributed by atoms with E-state index in [1.165, 1.54) is 6.20 Å². The van der Waals surface area contributed by atoms with E-state index in [0.29, 0.717) is 11.4 Å². The number of ether oxygens (including phenoxy) is 1. The number of carbonyl (C=O) groups excluding carboxylic acids is 2. The van der Waals surface area contributed by atoms with Crippen LogP contribution in [0.4, 0.5) is 5.69 Å². The molecule has 1 heterocycles. The Labute approximate surface area is 150 Å². The molecular weight excluding hydrogens is 332 g/mol. The second kappa shape index (κ2) is 7.65. The largest absolute Gasteiger partial charge is 0.462 e. The molecule has 0 saturated heterocycles. The number of hydrogen-bond acceptors (Lipinski definition) is 5. The van der Waals surface area contributed by atoms with Crippen molar-refractivity contribution < 1.29 is 18.8 Å². The highest BCUT2D eigenvalue weighted by Crippen LogP contribution is 2.25. The number of nitrogens with one attached hydrogen (secondary N) is 1. The van der Waals surface area contributed by atoms with Gasteiger partial charge in [-0.25, -0.2) is 4.79 Å². The number of para-hydroxylation sites is 1. The van der Waals surface area contributed by atoms with Crippen molar-refractivity contribution in [3.05, 3.63) is 71.4 Å². The molecule has 26 heavy (non-hydrogen) atoms. The van der Waals surface area contributed by atoms with Crippen LogP contribution in [0.2, 0.25) is 0 Å². The van der Waals surface area contributed by atoms with Crippen LogP contribution in [0, 0.1) is 6.92 Å². The molecule has 132 valence electrons. The quantitative estimate of drug-likeness (QED) is 0.701. The molecule has 1 amide bonds. The molecule has 0 radical (unpaired) electrons. The molecule has 0 aliphatic carbocycles. The second-order valence-corrected chi connectivity index (χ2v) is 5.65. The molecule has 2 aromatic carbocycles. The fraction of sp³-hybridized carbons (Fsp3) is 0.150. The number of rotatable bonds is 5. The van der Waals surface area contributed by atoms with Gasteiger partial charge in [0.05, 0.1) is 24.1 Å². The van der Waals surface area contributed by atoms with Crippen LogP contribution in [0.1, 0.15) is 33.2 Å². The number of benzene rings is 2. The van der Waals surface area contributed by atoms with Crippen LogP contribution >= 0.6 is 0 Å². The van der Waals surface area contributed by atoms with Crippen LogP contribution in [0.25, 0.3) is 11.3 Å². The summed E-state index contributed by atoms with van der Waals surface area (Å²) in [6.07, 6.45) is 1.36. The number of aromatic nitrogens is 1. The molecule has 3 rings (SSSR count). The van der Waals surface area contributed by atoms with Crippen molar-refractivity contribution in [1.82, 2.24) is 5.16 Å². The van der Waals surface area contributed by atoms with E-state index in [-0.39, 0.29) is 17.7 Å². The Kier molecular flexibility index (Phi) is 5.12. The summed E-state index contributed by atoms with van der Waals surface area (Å²) >= 11 is 0. The van der Waals surface area contributed by atoms with E-state index in [1.807, 2.05) is 31.2 Å². The first-order valence-electron chi connectivity index (χ1n) is 8.19. The van der Waals surface area contributed by atoms with Gasteiger partial charge in [-0.05, 0) is 26.0 Å². The molecule has 0 fully saturated rings. The number of nitrogens with zero attached hydrogens (tertiary/aromatic N) is 1. The Morgan fingerprint density at radius 1 is 1.08 bits per heavy atom. The van der Waals surface area contributed by atoms with Gasteiger partial charge in [-0.3, -0.25) is 4.79 Å². The van der Waals surface area contributed by atoms with Gasteiger partial charge >= 0.3 is 5.97 Å². The van der Waals surface area contributed by atoms with Gasteiger partial charge in [0.25, 0.3) is 5.91 Å². The Balaban J connectivity index is 1.88. The average Bonchev–Trinajstić information content (AvgIpc) is 3.13. The van der Waals surface area contributed by atoms with Gasteiger partial charge in [0.1, 0.15) is 5.56 Å². The van der Waals surface area contributed by atoms with Crippen molar-refractivity contribution in [1.29, 1.82) is 0 Å². The lowest BCUT2D eigenvalue weighted by molar-refractivity contribution is 0.0527.